The lowest BCUT2D eigenvalue weighted by Crippen LogP contribution is -2.32. The minimum atomic E-state index is -0.586. The Labute approximate surface area is 150 Å². The Morgan fingerprint density at radius 1 is 1.24 bits per heavy atom. The van der Waals surface area contributed by atoms with Gasteiger partial charge in [-0.25, -0.2) is 4.98 Å². The van der Waals surface area contributed by atoms with Crippen molar-refractivity contribution >= 4 is 33.9 Å². The van der Waals surface area contributed by atoms with E-state index in [4.69, 9.17) is 0 Å². The molecule has 0 spiro atoms. The fourth-order valence-corrected chi connectivity index (χ4v) is 3.54. The maximum Gasteiger partial charge on any atom is 0.292 e. The first-order chi connectivity index (χ1) is 11.9. The molecule has 0 saturated heterocycles. The Bertz CT molecular complexity index is 918. The maximum absolute atomic E-state index is 12.4. The van der Waals surface area contributed by atoms with Crippen molar-refractivity contribution in [3.63, 3.8) is 0 Å². The van der Waals surface area contributed by atoms with Crippen LogP contribution in [0.3, 0.4) is 0 Å². The first-order valence-electron chi connectivity index (χ1n) is 8.20. The van der Waals surface area contributed by atoms with Crippen molar-refractivity contribution < 1.29 is 9.59 Å². The number of carbonyl (C=O) groups is 2. The normalized spacial score (nSPS) is 11.6. The zero-order valence-corrected chi connectivity index (χ0v) is 15.4. The summed E-state index contributed by atoms with van der Waals surface area (Å²) in [4.78, 5) is 32.1. The lowest BCUT2D eigenvalue weighted by Gasteiger charge is -2.14. The minimum absolute atomic E-state index is 0.0172. The number of fused-ring (bicyclic) bond motifs is 1. The molecule has 2 aromatic heterocycles. The van der Waals surface area contributed by atoms with E-state index in [1.165, 1.54) is 0 Å². The number of carbonyl (C=O) groups excluding carboxylic acids is 2. The van der Waals surface area contributed by atoms with Crippen molar-refractivity contribution in [1.29, 1.82) is 0 Å². The molecule has 0 saturated carbocycles. The Hall–Kier alpha value is -2.47. The SMILES string of the molecule is CC(C)(C)c1csc(CCNC(=O)C(=O)c2c[nH]c3ccccc23)n1. The summed E-state index contributed by atoms with van der Waals surface area (Å²) in [5, 5.41) is 6.47. The van der Waals surface area contributed by atoms with Crippen LogP contribution in [-0.2, 0) is 16.6 Å². The van der Waals surface area contributed by atoms with Gasteiger partial charge in [0.1, 0.15) is 0 Å². The van der Waals surface area contributed by atoms with E-state index in [-0.39, 0.29) is 5.41 Å². The maximum atomic E-state index is 12.4. The van der Waals surface area contributed by atoms with E-state index < -0.39 is 11.7 Å². The van der Waals surface area contributed by atoms with E-state index in [0.29, 0.717) is 18.5 Å². The number of Topliss-reactive ketones (excluding diaryl/α,β-unsaturated/α-hetero) is 1. The predicted molar refractivity (Wildman–Crippen MR) is 100 cm³/mol. The molecule has 3 rings (SSSR count). The van der Waals surface area contributed by atoms with E-state index in [1.54, 1.807) is 17.5 Å². The fourth-order valence-electron chi connectivity index (χ4n) is 2.52. The fraction of sp³-hybridized carbons (Fsp3) is 0.316. The quantitative estimate of drug-likeness (QED) is 0.544. The van der Waals surface area contributed by atoms with Crippen LogP contribution in [0.15, 0.2) is 35.8 Å². The molecule has 1 amide bonds. The van der Waals surface area contributed by atoms with Crippen LogP contribution >= 0.6 is 11.3 Å². The summed E-state index contributed by atoms with van der Waals surface area (Å²) >= 11 is 1.58. The zero-order chi connectivity index (χ0) is 18.0. The molecule has 5 nitrogen and oxygen atoms in total. The summed E-state index contributed by atoms with van der Waals surface area (Å²) in [7, 11) is 0. The van der Waals surface area contributed by atoms with E-state index in [2.05, 4.69) is 36.1 Å². The van der Waals surface area contributed by atoms with Gasteiger partial charge in [-0.05, 0) is 6.07 Å². The summed E-state index contributed by atoms with van der Waals surface area (Å²) in [6.45, 7) is 6.75. The van der Waals surface area contributed by atoms with Crippen LogP contribution in [-0.4, -0.2) is 28.2 Å². The first-order valence-corrected chi connectivity index (χ1v) is 9.08. The van der Waals surface area contributed by atoms with Gasteiger partial charge in [0.05, 0.1) is 16.3 Å². The third-order valence-electron chi connectivity index (χ3n) is 3.98. The average Bonchev–Trinajstić information content (AvgIpc) is 3.20. The van der Waals surface area contributed by atoms with Gasteiger partial charge in [-0.2, -0.15) is 0 Å². The standard InChI is InChI=1S/C19H21N3O2S/c1-19(2,3)15-11-25-16(22-15)8-9-20-18(24)17(23)13-10-21-14-7-5-4-6-12(13)14/h4-7,10-11,21H,8-9H2,1-3H3,(H,20,24). The third-order valence-corrected chi connectivity index (χ3v) is 4.89. The highest BCUT2D eigenvalue weighted by Crippen LogP contribution is 2.24. The monoisotopic (exact) mass is 355 g/mol. The number of nitrogens with zero attached hydrogens (tertiary/aromatic N) is 1. The van der Waals surface area contributed by atoms with Gasteiger partial charge in [0.15, 0.2) is 0 Å². The van der Waals surface area contributed by atoms with Crippen molar-refractivity contribution in [2.45, 2.75) is 32.6 Å². The third kappa shape index (κ3) is 3.79. The largest absolute Gasteiger partial charge is 0.360 e. The molecular weight excluding hydrogens is 334 g/mol. The van der Waals surface area contributed by atoms with Gasteiger partial charge in [-0.15, -0.1) is 11.3 Å². The molecule has 0 radical (unpaired) electrons. The number of nitrogens with one attached hydrogen (secondary N) is 2. The number of thiazole rings is 1. The van der Waals surface area contributed by atoms with Gasteiger partial charge in [-0.1, -0.05) is 39.0 Å². The molecule has 25 heavy (non-hydrogen) atoms. The lowest BCUT2D eigenvalue weighted by molar-refractivity contribution is -0.116. The number of hydrogen-bond donors (Lipinski definition) is 2. The molecule has 0 aliphatic rings. The highest BCUT2D eigenvalue weighted by molar-refractivity contribution is 7.09. The van der Waals surface area contributed by atoms with Crippen LogP contribution in [0, 0.1) is 0 Å². The summed E-state index contributed by atoms with van der Waals surface area (Å²) in [6.07, 6.45) is 2.21. The molecule has 0 unspecified atom stereocenters. The van der Waals surface area contributed by atoms with Crippen molar-refractivity contribution in [3.05, 3.63) is 52.1 Å². The molecule has 0 aliphatic heterocycles. The predicted octanol–water partition coefficient (Wildman–Crippen LogP) is 3.46. The molecule has 1 aromatic carbocycles. The van der Waals surface area contributed by atoms with Crippen molar-refractivity contribution in [3.8, 4) is 0 Å². The van der Waals surface area contributed by atoms with Crippen LogP contribution in [0.4, 0.5) is 0 Å². The van der Waals surface area contributed by atoms with Gasteiger partial charge in [0.2, 0.25) is 0 Å². The number of H-pyrrole nitrogens is 1. The van der Waals surface area contributed by atoms with Gasteiger partial charge in [0.25, 0.3) is 11.7 Å². The topological polar surface area (TPSA) is 74.8 Å². The highest BCUT2D eigenvalue weighted by Gasteiger charge is 2.20. The Morgan fingerprint density at radius 2 is 2.00 bits per heavy atom. The molecule has 0 fully saturated rings. The zero-order valence-electron chi connectivity index (χ0n) is 14.6. The molecule has 0 bridgehead atoms. The van der Waals surface area contributed by atoms with Crippen LogP contribution in [0.1, 0.15) is 41.8 Å². The number of rotatable bonds is 5. The van der Waals surface area contributed by atoms with Crippen LogP contribution in [0.2, 0.25) is 0 Å². The number of para-hydroxylation sites is 1. The van der Waals surface area contributed by atoms with Crippen molar-refractivity contribution in [2.75, 3.05) is 6.54 Å². The lowest BCUT2D eigenvalue weighted by atomic mass is 9.93. The van der Waals surface area contributed by atoms with Crippen LogP contribution in [0.25, 0.3) is 10.9 Å². The Balaban J connectivity index is 1.59. The minimum Gasteiger partial charge on any atom is -0.360 e. The average molecular weight is 355 g/mol. The number of hydrogen-bond acceptors (Lipinski definition) is 4. The van der Waals surface area contributed by atoms with Crippen molar-refractivity contribution in [1.82, 2.24) is 15.3 Å². The second-order valence-corrected chi connectivity index (χ2v) is 7.90. The second-order valence-electron chi connectivity index (χ2n) is 6.96. The number of amides is 1. The molecule has 3 aromatic rings. The molecule has 2 N–H and O–H groups in total. The Morgan fingerprint density at radius 3 is 2.72 bits per heavy atom. The summed E-state index contributed by atoms with van der Waals surface area (Å²) in [5.74, 6) is -1.11. The molecule has 0 aliphatic carbocycles. The number of aromatic nitrogens is 2. The van der Waals surface area contributed by atoms with Crippen LogP contribution in [0.5, 0.6) is 0 Å². The van der Waals surface area contributed by atoms with Crippen molar-refractivity contribution in [2.24, 2.45) is 0 Å². The van der Waals surface area contributed by atoms with E-state index >= 15 is 0 Å². The highest BCUT2D eigenvalue weighted by atomic mass is 32.1. The van der Waals surface area contributed by atoms with E-state index in [1.807, 2.05) is 29.6 Å². The number of benzene rings is 1. The first kappa shape index (κ1) is 17.4. The molecule has 2 heterocycles. The van der Waals surface area contributed by atoms with Gasteiger partial charge < -0.3 is 10.3 Å². The Kier molecular flexibility index (Phi) is 4.72. The summed E-state index contributed by atoms with van der Waals surface area (Å²) in [6, 6.07) is 7.43. The van der Waals surface area contributed by atoms with Gasteiger partial charge in [0, 0.05) is 40.9 Å². The van der Waals surface area contributed by atoms with E-state index in [9.17, 15) is 9.59 Å². The second kappa shape index (κ2) is 6.80. The molecule has 0 atom stereocenters. The van der Waals surface area contributed by atoms with Crippen LogP contribution < -0.4 is 5.32 Å². The summed E-state index contributed by atoms with van der Waals surface area (Å²) < 4.78 is 0. The van der Waals surface area contributed by atoms with Gasteiger partial charge >= 0.3 is 0 Å². The number of ketones is 1. The molecular formula is C19H21N3O2S. The molecule has 130 valence electrons. The van der Waals surface area contributed by atoms with Gasteiger partial charge in [-0.3, -0.25) is 9.59 Å². The smallest absolute Gasteiger partial charge is 0.292 e. The number of aromatic amines is 1. The van der Waals surface area contributed by atoms with E-state index in [0.717, 1.165) is 21.6 Å². The summed E-state index contributed by atoms with van der Waals surface area (Å²) in [5.41, 5.74) is 2.31. The molecule has 6 heteroatoms.